The van der Waals surface area contributed by atoms with Crippen molar-refractivity contribution in [3.63, 3.8) is 0 Å². The number of carbonyl (C=O) groups is 2. The molecule has 0 aliphatic heterocycles. The highest BCUT2D eigenvalue weighted by atomic mass is 16.3. The van der Waals surface area contributed by atoms with Gasteiger partial charge in [-0.05, 0) is 25.8 Å². The molecule has 10 nitrogen and oxygen atoms in total. The van der Waals surface area contributed by atoms with Crippen molar-refractivity contribution in [2.24, 2.45) is 5.92 Å². The molecule has 1 aliphatic carbocycles. The summed E-state index contributed by atoms with van der Waals surface area (Å²) in [7, 11) is 3.16. The first kappa shape index (κ1) is 21.1. The number of aliphatic hydroxyl groups excluding tert-OH is 1. The fourth-order valence-electron chi connectivity index (χ4n) is 2.75. The van der Waals surface area contributed by atoms with Gasteiger partial charge >= 0.3 is 0 Å². The van der Waals surface area contributed by atoms with E-state index in [-0.39, 0.29) is 23.4 Å². The number of aromatic nitrogens is 3. The zero-order valence-corrected chi connectivity index (χ0v) is 17.0. The van der Waals surface area contributed by atoms with Gasteiger partial charge in [0.25, 0.3) is 0 Å². The van der Waals surface area contributed by atoms with Gasteiger partial charge in [0.15, 0.2) is 11.5 Å². The van der Waals surface area contributed by atoms with Gasteiger partial charge in [-0.3, -0.25) is 14.6 Å². The van der Waals surface area contributed by atoms with Crippen LogP contribution in [0.1, 0.15) is 25.5 Å². The number of nitrogens with zero attached hydrogens (tertiary/aromatic N) is 5. The highest BCUT2D eigenvalue weighted by molar-refractivity contribution is 5.93. The average Bonchev–Trinajstić information content (AvgIpc) is 3.57. The van der Waals surface area contributed by atoms with Gasteiger partial charge in [-0.15, -0.1) is 0 Å². The van der Waals surface area contributed by atoms with E-state index >= 15 is 0 Å². The van der Waals surface area contributed by atoms with Crippen molar-refractivity contribution in [2.45, 2.75) is 31.9 Å². The average molecular weight is 409 g/mol. The van der Waals surface area contributed by atoms with Crippen molar-refractivity contribution in [3.05, 3.63) is 30.4 Å². The third-order valence-electron chi connectivity index (χ3n) is 4.64. The number of nitriles is 1. The second-order valence-electron chi connectivity index (χ2n) is 7.38. The van der Waals surface area contributed by atoms with Gasteiger partial charge in [0.2, 0.25) is 11.8 Å². The quantitative estimate of drug-likeness (QED) is 0.614. The second kappa shape index (κ2) is 8.84. The van der Waals surface area contributed by atoms with Gasteiger partial charge in [-0.25, -0.2) is 9.97 Å². The lowest BCUT2D eigenvalue weighted by molar-refractivity contribution is -0.131. The van der Waals surface area contributed by atoms with Crippen molar-refractivity contribution in [2.75, 3.05) is 24.7 Å². The molecule has 1 aliphatic rings. The molecule has 3 N–H and O–H groups in total. The number of anilines is 2. The molecule has 30 heavy (non-hydrogen) atoms. The van der Waals surface area contributed by atoms with E-state index in [1.54, 1.807) is 20.2 Å². The van der Waals surface area contributed by atoms with Crippen molar-refractivity contribution in [1.82, 2.24) is 19.9 Å². The van der Waals surface area contributed by atoms with Gasteiger partial charge in [-0.1, -0.05) is 0 Å². The number of amides is 2. The molecule has 2 atom stereocenters. The smallest absolute Gasteiger partial charge is 0.247 e. The minimum absolute atomic E-state index is 0.0571. The molecule has 0 aromatic carbocycles. The lowest BCUT2D eigenvalue weighted by Crippen LogP contribution is -2.45. The summed E-state index contributed by atoms with van der Waals surface area (Å²) in [5.74, 6) is 0.0315. The minimum atomic E-state index is -0.996. The Labute approximate surface area is 174 Å². The predicted octanol–water partition coefficient (Wildman–Crippen LogP) is 1.01. The van der Waals surface area contributed by atoms with Gasteiger partial charge in [0, 0.05) is 31.8 Å². The molecule has 1 fully saturated rings. The standard InChI is InChI=1S/C20H23N7O3/c1-11(28)18(20(30)27(2)3)25-14-6-13(8-22-15(14)7-21)16-9-24-17(10-23-16)26-19(29)12-4-5-12/h6,8-12,18,25,28H,4-5H2,1-3H3,(H,24,26,29)/t11-,18-/m0/s1. The first-order valence-corrected chi connectivity index (χ1v) is 9.49. The lowest BCUT2D eigenvalue weighted by atomic mass is 10.1. The number of hydrogen-bond donors (Lipinski definition) is 3. The fraction of sp³-hybridized carbons (Fsp3) is 0.400. The number of rotatable bonds is 7. The summed E-state index contributed by atoms with van der Waals surface area (Å²) in [6.45, 7) is 1.49. The predicted molar refractivity (Wildman–Crippen MR) is 109 cm³/mol. The number of likely N-dealkylation sites (N-methyl/N-ethyl adjacent to an activating group) is 1. The Balaban J connectivity index is 1.83. The van der Waals surface area contributed by atoms with Crippen molar-refractivity contribution in [1.29, 1.82) is 5.26 Å². The highest BCUT2D eigenvalue weighted by Crippen LogP contribution is 2.30. The molecule has 3 rings (SSSR count). The highest BCUT2D eigenvalue weighted by Gasteiger charge is 2.30. The Kier molecular flexibility index (Phi) is 6.23. The van der Waals surface area contributed by atoms with E-state index < -0.39 is 12.1 Å². The van der Waals surface area contributed by atoms with E-state index in [4.69, 9.17) is 0 Å². The molecule has 2 aromatic heterocycles. The van der Waals surface area contributed by atoms with Crippen LogP contribution in [0.5, 0.6) is 0 Å². The normalized spacial score (nSPS) is 14.9. The molecular formula is C20H23N7O3. The van der Waals surface area contributed by atoms with E-state index in [2.05, 4.69) is 25.6 Å². The fourth-order valence-corrected chi connectivity index (χ4v) is 2.75. The maximum Gasteiger partial charge on any atom is 0.247 e. The van der Waals surface area contributed by atoms with Crippen LogP contribution < -0.4 is 10.6 Å². The molecule has 156 valence electrons. The SMILES string of the molecule is C[C@H](O)[C@H](Nc1cc(-c2cnc(NC(=O)C3CC3)cn2)cnc1C#N)C(=O)N(C)C. The van der Waals surface area contributed by atoms with Gasteiger partial charge < -0.3 is 20.6 Å². The Bertz CT molecular complexity index is 979. The Morgan fingerprint density at radius 3 is 2.50 bits per heavy atom. The molecule has 2 heterocycles. The van der Waals surface area contributed by atoms with Crippen LogP contribution in [0.3, 0.4) is 0 Å². The van der Waals surface area contributed by atoms with Gasteiger partial charge in [-0.2, -0.15) is 5.26 Å². The minimum Gasteiger partial charge on any atom is -0.391 e. The molecule has 0 bridgehead atoms. The van der Waals surface area contributed by atoms with Crippen LogP contribution >= 0.6 is 0 Å². The molecular weight excluding hydrogens is 386 g/mol. The lowest BCUT2D eigenvalue weighted by Gasteiger charge is -2.25. The van der Waals surface area contributed by atoms with Crippen LogP contribution in [0.15, 0.2) is 24.7 Å². The Hall–Kier alpha value is -3.58. The van der Waals surface area contributed by atoms with E-state index in [0.717, 1.165) is 12.8 Å². The molecule has 10 heteroatoms. The molecule has 0 unspecified atom stereocenters. The van der Waals surface area contributed by atoms with Crippen LogP contribution in [0.25, 0.3) is 11.3 Å². The first-order chi connectivity index (χ1) is 14.3. The first-order valence-electron chi connectivity index (χ1n) is 9.49. The zero-order chi connectivity index (χ0) is 21.8. The monoisotopic (exact) mass is 409 g/mol. The van der Waals surface area contributed by atoms with E-state index in [0.29, 0.717) is 22.8 Å². The van der Waals surface area contributed by atoms with E-state index in [1.165, 1.54) is 30.4 Å². The summed E-state index contributed by atoms with van der Waals surface area (Å²) in [6, 6.07) is 2.64. The van der Waals surface area contributed by atoms with Crippen LogP contribution in [-0.4, -0.2) is 63.0 Å². The molecule has 2 amide bonds. The molecule has 1 saturated carbocycles. The van der Waals surface area contributed by atoms with Crippen LogP contribution in [0, 0.1) is 17.2 Å². The summed E-state index contributed by atoms with van der Waals surface area (Å²) in [5.41, 5.74) is 1.42. The van der Waals surface area contributed by atoms with Gasteiger partial charge in [0.05, 0.1) is 29.9 Å². The Morgan fingerprint density at radius 1 is 1.23 bits per heavy atom. The van der Waals surface area contributed by atoms with Crippen LogP contribution in [-0.2, 0) is 9.59 Å². The Morgan fingerprint density at radius 2 is 1.97 bits per heavy atom. The summed E-state index contributed by atoms with van der Waals surface area (Å²) in [5, 5.41) is 25.0. The largest absolute Gasteiger partial charge is 0.391 e. The maximum atomic E-state index is 12.4. The van der Waals surface area contributed by atoms with Crippen LogP contribution in [0.4, 0.5) is 11.5 Å². The molecule has 0 spiro atoms. The third-order valence-corrected chi connectivity index (χ3v) is 4.64. The molecule has 0 saturated heterocycles. The second-order valence-corrected chi connectivity index (χ2v) is 7.38. The van der Waals surface area contributed by atoms with E-state index in [9.17, 15) is 20.0 Å². The maximum absolute atomic E-state index is 12.4. The van der Waals surface area contributed by atoms with Crippen molar-refractivity contribution >= 4 is 23.3 Å². The third kappa shape index (κ3) is 4.87. The number of aliphatic hydroxyl groups is 1. The topological polar surface area (TPSA) is 144 Å². The number of nitrogens with one attached hydrogen (secondary N) is 2. The number of hydrogen-bond acceptors (Lipinski definition) is 8. The van der Waals surface area contributed by atoms with Crippen molar-refractivity contribution in [3.8, 4) is 17.3 Å². The van der Waals surface area contributed by atoms with Crippen molar-refractivity contribution < 1.29 is 14.7 Å². The van der Waals surface area contributed by atoms with Crippen LogP contribution in [0.2, 0.25) is 0 Å². The summed E-state index contributed by atoms with van der Waals surface area (Å²) >= 11 is 0. The number of carbonyl (C=O) groups excluding carboxylic acids is 2. The molecule has 2 aromatic rings. The van der Waals surface area contributed by atoms with E-state index in [1.807, 2.05) is 6.07 Å². The summed E-state index contributed by atoms with van der Waals surface area (Å²) in [6.07, 6.45) is 5.22. The van der Waals surface area contributed by atoms with Gasteiger partial charge in [0.1, 0.15) is 12.1 Å². The number of pyridine rings is 1. The molecule has 0 radical (unpaired) electrons. The summed E-state index contributed by atoms with van der Waals surface area (Å²) in [4.78, 5) is 38.2. The summed E-state index contributed by atoms with van der Waals surface area (Å²) < 4.78 is 0. The zero-order valence-electron chi connectivity index (χ0n) is 17.0.